The number of amides is 1. The molecule has 32 heavy (non-hydrogen) atoms. The first-order valence-corrected chi connectivity index (χ1v) is 12.2. The Morgan fingerprint density at radius 1 is 1.12 bits per heavy atom. The van der Waals surface area contributed by atoms with Crippen molar-refractivity contribution in [3.63, 3.8) is 0 Å². The van der Waals surface area contributed by atoms with Crippen LogP contribution in [0.2, 0.25) is 0 Å². The zero-order valence-corrected chi connectivity index (χ0v) is 19.7. The van der Waals surface area contributed by atoms with Crippen LogP contribution in [-0.4, -0.2) is 35.0 Å². The van der Waals surface area contributed by atoms with Crippen molar-refractivity contribution >= 4 is 23.1 Å². The van der Waals surface area contributed by atoms with E-state index < -0.39 is 0 Å². The van der Waals surface area contributed by atoms with Gasteiger partial charge in [-0.25, -0.2) is 4.98 Å². The van der Waals surface area contributed by atoms with Gasteiger partial charge in [0.25, 0.3) is 0 Å². The maximum Gasteiger partial charge on any atom is 0.224 e. The number of aryl methyl sites for hydroxylation is 1. The van der Waals surface area contributed by atoms with Gasteiger partial charge >= 0.3 is 0 Å². The topological polar surface area (TPSA) is 61.4 Å². The van der Waals surface area contributed by atoms with Gasteiger partial charge < -0.3 is 15.1 Å². The fourth-order valence-corrected chi connectivity index (χ4v) is 5.80. The largest absolute Gasteiger partial charge is 0.371 e. The van der Waals surface area contributed by atoms with Crippen molar-refractivity contribution in [2.45, 2.75) is 65.5 Å². The molecule has 6 nitrogen and oxygen atoms in total. The average molecular weight is 434 g/mol. The van der Waals surface area contributed by atoms with E-state index in [4.69, 9.17) is 0 Å². The number of piperidine rings is 1. The maximum atomic E-state index is 12.9. The SMILES string of the molecule is CC(=O)N1c2ccc(N3CCC[C@@H](C)C3)cc2[C@H](Nc2cnc(C)cn2)[C@@H](C)[C@@H]1C1CC1. The second-order valence-corrected chi connectivity index (χ2v) is 10.2. The van der Waals surface area contributed by atoms with Crippen molar-refractivity contribution in [1.82, 2.24) is 9.97 Å². The highest BCUT2D eigenvalue weighted by molar-refractivity contribution is 5.94. The number of aromatic nitrogens is 2. The van der Waals surface area contributed by atoms with Gasteiger partial charge in [0.2, 0.25) is 5.91 Å². The minimum atomic E-state index is 0.0883. The first-order chi connectivity index (χ1) is 15.4. The first kappa shape index (κ1) is 21.2. The molecule has 1 aliphatic carbocycles. The zero-order chi connectivity index (χ0) is 22.4. The van der Waals surface area contributed by atoms with Crippen molar-refractivity contribution in [1.29, 1.82) is 0 Å². The summed E-state index contributed by atoms with van der Waals surface area (Å²) in [7, 11) is 0. The van der Waals surface area contributed by atoms with Crippen LogP contribution in [0.5, 0.6) is 0 Å². The fraction of sp³-hybridized carbons (Fsp3) is 0.577. The number of fused-ring (bicyclic) bond motifs is 1. The van der Waals surface area contributed by atoms with Crippen molar-refractivity contribution < 1.29 is 4.79 Å². The van der Waals surface area contributed by atoms with Crippen LogP contribution in [0.15, 0.2) is 30.6 Å². The molecule has 1 N–H and O–H groups in total. The Bertz CT molecular complexity index is 986. The van der Waals surface area contributed by atoms with Gasteiger partial charge in [0.05, 0.1) is 24.1 Å². The summed E-state index contributed by atoms with van der Waals surface area (Å²) in [5.41, 5.74) is 4.42. The van der Waals surface area contributed by atoms with Crippen LogP contribution in [0.1, 0.15) is 63.8 Å². The molecule has 1 saturated carbocycles. The normalized spacial score (nSPS) is 27.8. The van der Waals surface area contributed by atoms with Crippen LogP contribution in [0.25, 0.3) is 0 Å². The van der Waals surface area contributed by atoms with Gasteiger partial charge in [-0.1, -0.05) is 13.8 Å². The molecule has 170 valence electrons. The van der Waals surface area contributed by atoms with Crippen molar-refractivity contribution in [3.8, 4) is 0 Å². The average Bonchev–Trinajstić information content (AvgIpc) is 3.61. The molecule has 2 fully saturated rings. The molecular formula is C26H35N5O. The van der Waals surface area contributed by atoms with Crippen molar-refractivity contribution in [3.05, 3.63) is 41.9 Å². The third kappa shape index (κ3) is 3.96. The first-order valence-electron chi connectivity index (χ1n) is 12.2. The van der Waals surface area contributed by atoms with Gasteiger partial charge in [0, 0.05) is 48.9 Å². The van der Waals surface area contributed by atoms with E-state index >= 15 is 0 Å². The predicted octanol–water partition coefficient (Wildman–Crippen LogP) is 4.96. The molecule has 1 amide bonds. The number of carbonyl (C=O) groups is 1. The number of hydrogen-bond donors (Lipinski definition) is 1. The van der Waals surface area contributed by atoms with Crippen molar-refractivity contribution in [2.75, 3.05) is 28.2 Å². The summed E-state index contributed by atoms with van der Waals surface area (Å²) in [4.78, 5) is 26.5. The number of benzene rings is 1. The number of carbonyl (C=O) groups excluding carboxylic acids is 1. The van der Waals surface area contributed by atoms with Gasteiger partial charge in [-0.2, -0.15) is 0 Å². The van der Waals surface area contributed by atoms with Crippen LogP contribution in [-0.2, 0) is 4.79 Å². The van der Waals surface area contributed by atoms with E-state index in [0.29, 0.717) is 11.8 Å². The molecule has 3 heterocycles. The minimum Gasteiger partial charge on any atom is -0.371 e. The maximum absolute atomic E-state index is 12.9. The lowest BCUT2D eigenvalue weighted by Crippen LogP contribution is -2.51. The Balaban J connectivity index is 1.57. The molecule has 0 unspecified atom stereocenters. The van der Waals surface area contributed by atoms with E-state index in [2.05, 4.69) is 57.1 Å². The van der Waals surface area contributed by atoms with Gasteiger partial charge in [0.15, 0.2) is 0 Å². The van der Waals surface area contributed by atoms with Gasteiger partial charge in [-0.15, -0.1) is 0 Å². The Morgan fingerprint density at radius 3 is 2.59 bits per heavy atom. The smallest absolute Gasteiger partial charge is 0.224 e. The van der Waals surface area contributed by atoms with Crippen LogP contribution >= 0.6 is 0 Å². The zero-order valence-electron chi connectivity index (χ0n) is 19.7. The Hall–Kier alpha value is -2.63. The van der Waals surface area contributed by atoms with Gasteiger partial charge in [-0.05, 0) is 62.6 Å². The summed E-state index contributed by atoms with van der Waals surface area (Å²) >= 11 is 0. The Kier molecular flexibility index (Phi) is 5.56. The lowest BCUT2D eigenvalue weighted by Gasteiger charge is -2.46. The van der Waals surface area contributed by atoms with Crippen LogP contribution in [0, 0.1) is 24.7 Å². The number of anilines is 3. The molecule has 1 aromatic carbocycles. The van der Waals surface area contributed by atoms with E-state index in [1.165, 1.54) is 36.9 Å². The molecule has 2 aliphatic heterocycles. The molecule has 0 radical (unpaired) electrons. The van der Waals surface area contributed by atoms with E-state index in [-0.39, 0.29) is 23.9 Å². The molecule has 2 aromatic rings. The van der Waals surface area contributed by atoms with Crippen LogP contribution < -0.4 is 15.1 Å². The van der Waals surface area contributed by atoms with E-state index in [0.717, 1.165) is 30.3 Å². The lowest BCUT2D eigenvalue weighted by molar-refractivity contribution is -0.117. The summed E-state index contributed by atoms with van der Waals surface area (Å²) in [5, 5.41) is 3.69. The standard InChI is InChI=1S/C26H35N5O/c1-16-6-5-11-30(15-16)21-9-10-23-22(12-21)25(29-24-14-27-17(2)13-28-24)18(3)26(20-7-8-20)31(23)19(4)32/h9-10,12-14,16,18,20,25-26H,5-8,11,15H2,1-4H3,(H,28,29)/t16-,18-,25-,26-/m1/s1. The molecule has 0 bridgehead atoms. The Morgan fingerprint density at radius 2 is 1.94 bits per heavy atom. The number of nitrogens with zero attached hydrogens (tertiary/aromatic N) is 4. The van der Waals surface area contributed by atoms with E-state index in [1.54, 1.807) is 6.92 Å². The summed E-state index contributed by atoms with van der Waals surface area (Å²) in [6.45, 7) is 10.5. The third-order valence-corrected chi connectivity index (χ3v) is 7.52. The van der Waals surface area contributed by atoms with Crippen LogP contribution in [0.4, 0.5) is 17.2 Å². The molecule has 0 spiro atoms. The lowest BCUT2D eigenvalue weighted by atomic mass is 9.79. The fourth-order valence-electron chi connectivity index (χ4n) is 5.80. The molecule has 5 rings (SSSR count). The monoisotopic (exact) mass is 433 g/mol. The van der Waals surface area contributed by atoms with Crippen molar-refractivity contribution in [2.24, 2.45) is 17.8 Å². The summed E-state index contributed by atoms with van der Waals surface area (Å²) in [5.74, 6) is 2.50. The summed E-state index contributed by atoms with van der Waals surface area (Å²) < 4.78 is 0. The molecular weight excluding hydrogens is 398 g/mol. The minimum absolute atomic E-state index is 0.0883. The molecule has 4 atom stereocenters. The van der Waals surface area contributed by atoms with E-state index in [1.807, 2.05) is 19.3 Å². The van der Waals surface area contributed by atoms with E-state index in [9.17, 15) is 4.79 Å². The quantitative estimate of drug-likeness (QED) is 0.739. The third-order valence-electron chi connectivity index (χ3n) is 7.52. The highest BCUT2D eigenvalue weighted by Gasteiger charge is 2.47. The highest BCUT2D eigenvalue weighted by Crippen LogP contribution is 2.50. The summed E-state index contributed by atoms with van der Waals surface area (Å²) in [6, 6.07) is 7.03. The molecule has 6 heteroatoms. The number of hydrogen-bond acceptors (Lipinski definition) is 5. The number of rotatable bonds is 4. The van der Waals surface area contributed by atoms with Crippen LogP contribution in [0.3, 0.4) is 0 Å². The molecule has 1 saturated heterocycles. The second kappa shape index (κ2) is 8.38. The Labute approximate surface area is 191 Å². The molecule has 1 aromatic heterocycles. The number of nitrogens with one attached hydrogen (secondary N) is 1. The van der Waals surface area contributed by atoms with Gasteiger partial charge in [-0.3, -0.25) is 9.78 Å². The summed E-state index contributed by atoms with van der Waals surface area (Å²) in [6.07, 6.45) is 8.57. The molecule has 3 aliphatic rings. The second-order valence-electron chi connectivity index (χ2n) is 10.2. The van der Waals surface area contributed by atoms with Gasteiger partial charge in [0.1, 0.15) is 5.82 Å². The highest BCUT2D eigenvalue weighted by atomic mass is 16.2. The predicted molar refractivity (Wildman–Crippen MR) is 129 cm³/mol.